The first-order valence-corrected chi connectivity index (χ1v) is 8.93. The summed E-state index contributed by atoms with van der Waals surface area (Å²) in [5.41, 5.74) is 1.94. The van der Waals surface area contributed by atoms with E-state index in [9.17, 15) is 14.5 Å². The molecule has 0 N–H and O–H groups in total. The van der Waals surface area contributed by atoms with Crippen LogP contribution in [0.25, 0.3) is 0 Å². The van der Waals surface area contributed by atoms with Crippen molar-refractivity contribution in [2.45, 2.75) is 17.5 Å². The second kappa shape index (κ2) is 6.75. The van der Waals surface area contributed by atoms with Crippen molar-refractivity contribution in [1.29, 1.82) is 0 Å². The van der Waals surface area contributed by atoms with Crippen LogP contribution in [0.15, 0.2) is 53.7 Å². The van der Waals surface area contributed by atoms with Crippen molar-refractivity contribution >= 4 is 29.1 Å². The largest absolute Gasteiger partial charge is 0.309 e. The lowest BCUT2D eigenvalue weighted by molar-refractivity contribution is -0.384. The number of non-ortho nitro benzene ring substituents is 1. The van der Waals surface area contributed by atoms with Gasteiger partial charge in [0.25, 0.3) is 5.69 Å². The number of anilines is 2. The Kier molecular flexibility index (Phi) is 4.29. The molecular formula is C17H14FN5O2S. The third-order valence-electron chi connectivity index (χ3n) is 4.14. The van der Waals surface area contributed by atoms with E-state index in [1.165, 1.54) is 36.0 Å². The Hall–Kier alpha value is -2.94. The first-order chi connectivity index (χ1) is 12.6. The zero-order valence-electron chi connectivity index (χ0n) is 13.6. The molecule has 0 spiro atoms. The average molecular weight is 371 g/mol. The highest BCUT2D eigenvalue weighted by Crippen LogP contribution is 2.33. The average Bonchev–Trinajstić information content (AvgIpc) is 3.23. The van der Waals surface area contributed by atoms with Gasteiger partial charge in [0.2, 0.25) is 5.95 Å². The molecule has 2 heterocycles. The van der Waals surface area contributed by atoms with Crippen LogP contribution in [-0.2, 0) is 12.3 Å². The first kappa shape index (κ1) is 16.5. The third kappa shape index (κ3) is 3.13. The van der Waals surface area contributed by atoms with E-state index >= 15 is 0 Å². The van der Waals surface area contributed by atoms with Crippen LogP contribution in [0.4, 0.5) is 21.7 Å². The Morgan fingerprint density at radius 3 is 2.50 bits per heavy atom. The number of hydrogen-bond acceptors (Lipinski definition) is 6. The number of aromatic nitrogens is 3. The van der Waals surface area contributed by atoms with E-state index in [2.05, 4.69) is 10.2 Å². The molecule has 0 unspecified atom stereocenters. The molecule has 26 heavy (non-hydrogen) atoms. The molecule has 1 aromatic heterocycles. The van der Waals surface area contributed by atoms with Crippen molar-refractivity contribution in [1.82, 2.24) is 14.8 Å². The zero-order chi connectivity index (χ0) is 18.1. The van der Waals surface area contributed by atoms with Gasteiger partial charge in [-0.25, -0.2) is 4.39 Å². The van der Waals surface area contributed by atoms with Gasteiger partial charge < -0.3 is 4.90 Å². The van der Waals surface area contributed by atoms with Gasteiger partial charge in [0.1, 0.15) is 5.82 Å². The Labute approximate surface area is 152 Å². The summed E-state index contributed by atoms with van der Waals surface area (Å²) in [4.78, 5) is 12.3. The molecule has 0 fully saturated rings. The molecule has 132 valence electrons. The molecular weight excluding hydrogens is 357 g/mol. The lowest BCUT2D eigenvalue weighted by atomic mass is 10.2. The second-order valence-electron chi connectivity index (χ2n) is 5.77. The maximum Gasteiger partial charge on any atom is 0.269 e. The summed E-state index contributed by atoms with van der Waals surface area (Å²) in [7, 11) is 0. The van der Waals surface area contributed by atoms with Gasteiger partial charge in [0, 0.05) is 36.7 Å². The van der Waals surface area contributed by atoms with Crippen molar-refractivity contribution in [2.24, 2.45) is 0 Å². The molecule has 1 aliphatic heterocycles. The maximum atomic E-state index is 13.1. The van der Waals surface area contributed by atoms with Gasteiger partial charge in [0.15, 0.2) is 5.16 Å². The minimum absolute atomic E-state index is 0.0806. The van der Waals surface area contributed by atoms with Crippen LogP contribution in [0.1, 0.15) is 5.56 Å². The minimum atomic E-state index is -0.410. The fourth-order valence-electron chi connectivity index (χ4n) is 2.81. The van der Waals surface area contributed by atoms with Gasteiger partial charge in [-0.15, -0.1) is 10.2 Å². The number of nitro groups is 1. The van der Waals surface area contributed by atoms with Crippen LogP contribution in [0.5, 0.6) is 0 Å². The highest BCUT2D eigenvalue weighted by molar-refractivity contribution is 7.98. The summed E-state index contributed by atoms with van der Waals surface area (Å²) in [6, 6.07) is 12.8. The number of benzene rings is 2. The number of hydrogen-bond donors (Lipinski definition) is 0. The van der Waals surface area contributed by atoms with Gasteiger partial charge >= 0.3 is 0 Å². The summed E-state index contributed by atoms with van der Waals surface area (Å²) >= 11 is 1.53. The van der Waals surface area contributed by atoms with Gasteiger partial charge in [-0.05, 0) is 29.8 Å². The Bertz CT molecular complexity index is 943. The number of fused-ring (bicyclic) bond motifs is 1. The molecule has 9 heteroatoms. The van der Waals surface area contributed by atoms with E-state index in [0.717, 1.165) is 35.4 Å². The molecule has 0 amide bonds. The highest BCUT2D eigenvalue weighted by Gasteiger charge is 2.26. The number of thioether (sulfide) groups is 1. The molecule has 0 aliphatic carbocycles. The van der Waals surface area contributed by atoms with Gasteiger partial charge in [-0.2, -0.15) is 0 Å². The van der Waals surface area contributed by atoms with E-state index in [1.54, 1.807) is 24.3 Å². The number of halogens is 1. The van der Waals surface area contributed by atoms with Crippen molar-refractivity contribution in [3.8, 4) is 0 Å². The summed E-state index contributed by atoms with van der Waals surface area (Å²) in [5.74, 6) is 1.11. The van der Waals surface area contributed by atoms with E-state index < -0.39 is 4.92 Å². The molecule has 0 saturated heterocycles. The number of rotatable bonds is 5. The van der Waals surface area contributed by atoms with Crippen LogP contribution < -0.4 is 4.90 Å². The standard InChI is InChI=1S/C17H14FN5O2S/c18-13-3-7-14(8-4-13)21-9-10-22-16(21)19-20-17(22)26-11-12-1-5-15(6-2-12)23(24)25/h1-8H,9-11H2. The zero-order valence-corrected chi connectivity index (χ0v) is 14.4. The summed E-state index contributed by atoms with van der Waals surface area (Å²) in [6.45, 7) is 1.50. The molecule has 7 nitrogen and oxygen atoms in total. The SMILES string of the molecule is O=[N+]([O-])c1ccc(CSc2nnc3n2CCN3c2ccc(F)cc2)cc1. The van der Waals surface area contributed by atoms with Crippen LogP contribution in [0.3, 0.4) is 0 Å². The summed E-state index contributed by atoms with van der Waals surface area (Å²) in [6.07, 6.45) is 0. The molecule has 0 radical (unpaired) electrons. The smallest absolute Gasteiger partial charge is 0.269 e. The number of nitro benzene ring substituents is 1. The Morgan fingerprint density at radius 2 is 1.81 bits per heavy atom. The molecule has 4 rings (SSSR count). The van der Waals surface area contributed by atoms with Crippen LogP contribution in [0.2, 0.25) is 0 Å². The van der Waals surface area contributed by atoms with Crippen molar-refractivity contribution in [2.75, 3.05) is 11.4 Å². The second-order valence-corrected chi connectivity index (χ2v) is 6.72. The van der Waals surface area contributed by atoms with Gasteiger partial charge in [0.05, 0.1) is 4.92 Å². The Morgan fingerprint density at radius 1 is 1.08 bits per heavy atom. The first-order valence-electron chi connectivity index (χ1n) is 7.94. The lowest BCUT2D eigenvalue weighted by Crippen LogP contribution is -2.14. The monoisotopic (exact) mass is 371 g/mol. The minimum Gasteiger partial charge on any atom is -0.309 e. The lowest BCUT2D eigenvalue weighted by Gasteiger charge is -2.14. The molecule has 0 atom stereocenters. The van der Waals surface area contributed by atoms with Crippen LogP contribution in [-0.4, -0.2) is 26.2 Å². The van der Waals surface area contributed by atoms with Crippen LogP contribution >= 0.6 is 11.8 Å². The fraction of sp³-hybridized carbons (Fsp3) is 0.176. The van der Waals surface area contributed by atoms with E-state index in [4.69, 9.17) is 0 Å². The third-order valence-corrected chi connectivity index (χ3v) is 5.18. The number of nitrogens with zero attached hydrogens (tertiary/aromatic N) is 5. The Balaban J connectivity index is 1.47. The van der Waals surface area contributed by atoms with Crippen molar-refractivity contribution < 1.29 is 9.31 Å². The summed E-state index contributed by atoms with van der Waals surface area (Å²) < 4.78 is 15.1. The molecule has 1 aliphatic rings. The predicted molar refractivity (Wildman–Crippen MR) is 96.1 cm³/mol. The van der Waals surface area contributed by atoms with Crippen molar-refractivity contribution in [3.05, 3.63) is 70.0 Å². The van der Waals surface area contributed by atoms with Gasteiger partial charge in [-0.1, -0.05) is 23.9 Å². The normalized spacial score (nSPS) is 13.0. The topological polar surface area (TPSA) is 77.1 Å². The fourth-order valence-corrected chi connectivity index (χ4v) is 3.73. The van der Waals surface area contributed by atoms with Crippen molar-refractivity contribution in [3.63, 3.8) is 0 Å². The van der Waals surface area contributed by atoms with E-state index in [-0.39, 0.29) is 11.5 Å². The summed E-state index contributed by atoms with van der Waals surface area (Å²) in [5, 5.41) is 20.0. The molecule has 2 aromatic carbocycles. The molecule has 0 saturated carbocycles. The van der Waals surface area contributed by atoms with Crippen LogP contribution in [0, 0.1) is 15.9 Å². The molecule has 3 aromatic rings. The quantitative estimate of drug-likeness (QED) is 0.386. The highest BCUT2D eigenvalue weighted by atomic mass is 32.2. The maximum absolute atomic E-state index is 13.1. The molecule has 0 bridgehead atoms. The van der Waals surface area contributed by atoms with E-state index in [0.29, 0.717) is 5.75 Å². The van der Waals surface area contributed by atoms with Gasteiger partial charge in [-0.3, -0.25) is 14.7 Å². The van der Waals surface area contributed by atoms with E-state index in [1.807, 2.05) is 9.47 Å². The predicted octanol–water partition coefficient (Wildman–Crippen LogP) is 3.77.